The van der Waals surface area contributed by atoms with E-state index in [-0.39, 0.29) is 5.56 Å². The molecule has 0 fully saturated rings. The van der Waals surface area contributed by atoms with Crippen LogP contribution in [0.25, 0.3) is 6.08 Å². The summed E-state index contributed by atoms with van der Waals surface area (Å²) in [5, 5.41) is 9.44. The number of rotatable bonds is 8. The van der Waals surface area contributed by atoms with Crippen molar-refractivity contribution in [2.75, 3.05) is 6.61 Å². The molecule has 1 aromatic heterocycles. The number of carbonyl (C=O) groups is 1. The van der Waals surface area contributed by atoms with Gasteiger partial charge in [-0.05, 0) is 49.8 Å². The van der Waals surface area contributed by atoms with E-state index in [2.05, 4.69) is 0 Å². The molecule has 5 nitrogen and oxygen atoms in total. The van der Waals surface area contributed by atoms with E-state index >= 15 is 0 Å². The van der Waals surface area contributed by atoms with Gasteiger partial charge in [-0.1, -0.05) is 13.8 Å². The Bertz CT molecular complexity index is 587. The molecule has 1 rings (SSSR count). The lowest BCUT2D eigenvalue weighted by atomic mass is 10.0. The number of pyridine rings is 1. The van der Waals surface area contributed by atoms with Crippen molar-refractivity contribution in [1.82, 2.24) is 4.57 Å². The van der Waals surface area contributed by atoms with E-state index in [0.29, 0.717) is 18.9 Å². The third-order valence-corrected chi connectivity index (χ3v) is 3.48. The van der Waals surface area contributed by atoms with Crippen LogP contribution in [-0.4, -0.2) is 22.2 Å². The Kier molecular flexibility index (Phi) is 6.89. The summed E-state index contributed by atoms with van der Waals surface area (Å²) in [6.07, 6.45) is 6.09. The minimum absolute atomic E-state index is 0.290. The maximum atomic E-state index is 12.2. The molecule has 122 valence electrons. The molecule has 0 aliphatic carbocycles. The second kappa shape index (κ2) is 8.41. The van der Waals surface area contributed by atoms with Crippen LogP contribution in [0.2, 0.25) is 0 Å². The van der Waals surface area contributed by atoms with Gasteiger partial charge in [-0.25, -0.2) is 4.79 Å². The first-order valence-corrected chi connectivity index (χ1v) is 7.60. The number of aliphatic carboxylic acids is 1. The fourth-order valence-corrected chi connectivity index (χ4v) is 2.17. The molecule has 0 radical (unpaired) electrons. The van der Waals surface area contributed by atoms with Gasteiger partial charge < -0.3 is 14.4 Å². The highest BCUT2D eigenvalue weighted by Crippen LogP contribution is 2.18. The van der Waals surface area contributed by atoms with E-state index in [1.54, 1.807) is 18.5 Å². The fourth-order valence-electron chi connectivity index (χ4n) is 2.17. The van der Waals surface area contributed by atoms with Crippen molar-refractivity contribution in [2.24, 2.45) is 5.92 Å². The van der Waals surface area contributed by atoms with Crippen LogP contribution in [0.4, 0.5) is 0 Å². The van der Waals surface area contributed by atoms with Crippen molar-refractivity contribution in [2.45, 2.75) is 46.6 Å². The van der Waals surface area contributed by atoms with Crippen molar-refractivity contribution in [3.63, 3.8) is 0 Å². The van der Waals surface area contributed by atoms with Crippen molar-refractivity contribution in [1.29, 1.82) is 0 Å². The molecule has 5 heteroatoms. The highest BCUT2D eigenvalue weighted by molar-refractivity contribution is 5.72. The van der Waals surface area contributed by atoms with E-state index < -0.39 is 12.0 Å². The van der Waals surface area contributed by atoms with Crippen LogP contribution in [0.3, 0.4) is 0 Å². The van der Waals surface area contributed by atoms with Gasteiger partial charge in [0.1, 0.15) is 6.04 Å². The zero-order valence-corrected chi connectivity index (χ0v) is 13.7. The van der Waals surface area contributed by atoms with Crippen LogP contribution in [0.15, 0.2) is 23.3 Å². The summed E-state index contributed by atoms with van der Waals surface area (Å²) in [6.45, 7) is 8.33. The normalized spacial score (nSPS) is 12.8. The van der Waals surface area contributed by atoms with Crippen molar-refractivity contribution in [3.8, 4) is 0 Å². The molecule has 0 aliphatic rings. The Hall–Kier alpha value is -2.04. The third-order valence-electron chi connectivity index (χ3n) is 3.48. The summed E-state index contributed by atoms with van der Waals surface area (Å²) in [5.41, 5.74) is 1.29. The molecule has 0 saturated heterocycles. The average molecular weight is 307 g/mol. The van der Waals surface area contributed by atoms with Crippen LogP contribution in [0.5, 0.6) is 0 Å². The zero-order chi connectivity index (χ0) is 16.7. The van der Waals surface area contributed by atoms with Gasteiger partial charge in [-0.3, -0.25) is 4.79 Å². The minimum atomic E-state index is -0.980. The van der Waals surface area contributed by atoms with Crippen molar-refractivity contribution in [3.05, 3.63) is 40.0 Å². The second-order valence-electron chi connectivity index (χ2n) is 5.74. The Labute approximate surface area is 131 Å². The minimum Gasteiger partial charge on any atom is -0.501 e. The van der Waals surface area contributed by atoms with E-state index in [1.165, 1.54) is 10.6 Å². The summed E-state index contributed by atoms with van der Waals surface area (Å²) in [6, 6.07) is 0.631. The lowest BCUT2D eigenvalue weighted by molar-refractivity contribution is -0.141. The largest absolute Gasteiger partial charge is 0.501 e. The van der Waals surface area contributed by atoms with Crippen LogP contribution >= 0.6 is 0 Å². The molecule has 0 aliphatic heterocycles. The molecule has 0 amide bonds. The molecule has 1 atom stereocenters. The van der Waals surface area contributed by atoms with Gasteiger partial charge >= 0.3 is 5.97 Å². The van der Waals surface area contributed by atoms with Gasteiger partial charge in [0, 0.05) is 12.3 Å². The number of aromatic nitrogens is 1. The molecule has 1 aromatic rings. The number of carboxylic acid groups (broad SMARTS) is 1. The van der Waals surface area contributed by atoms with Crippen LogP contribution in [0, 0.1) is 12.8 Å². The van der Waals surface area contributed by atoms with Crippen molar-refractivity contribution < 1.29 is 14.6 Å². The predicted octanol–water partition coefficient (Wildman–Crippen LogP) is 3.23. The van der Waals surface area contributed by atoms with E-state index in [4.69, 9.17) is 4.74 Å². The third kappa shape index (κ3) is 5.06. The predicted molar refractivity (Wildman–Crippen MR) is 86.8 cm³/mol. The van der Waals surface area contributed by atoms with Gasteiger partial charge in [-0.2, -0.15) is 0 Å². The van der Waals surface area contributed by atoms with Gasteiger partial charge in [0.2, 0.25) is 0 Å². The maximum Gasteiger partial charge on any atom is 0.326 e. The molecule has 0 bridgehead atoms. The quantitative estimate of drug-likeness (QED) is 0.749. The van der Waals surface area contributed by atoms with E-state index in [9.17, 15) is 14.7 Å². The monoisotopic (exact) mass is 307 g/mol. The average Bonchev–Trinajstić information content (AvgIpc) is 2.42. The highest BCUT2D eigenvalue weighted by atomic mass is 16.5. The van der Waals surface area contributed by atoms with Gasteiger partial charge in [0.15, 0.2) is 0 Å². The molecule has 22 heavy (non-hydrogen) atoms. The standard InChI is InChI=1S/C17H25NO4/c1-5-22-9-8-14-11-18(16(19)10-13(14)4)15(17(20)21)7-6-12(2)3/h8-12,15H,5-7H2,1-4H3,(H,20,21)/b9-8+. The highest BCUT2D eigenvalue weighted by Gasteiger charge is 2.21. The summed E-state index contributed by atoms with van der Waals surface area (Å²) in [5.74, 6) is -0.591. The van der Waals surface area contributed by atoms with Crippen LogP contribution < -0.4 is 5.56 Å². The van der Waals surface area contributed by atoms with E-state index in [0.717, 1.165) is 17.5 Å². The Morgan fingerprint density at radius 3 is 2.64 bits per heavy atom. The molecule has 1 unspecified atom stereocenters. The zero-order valence-electron chi connectivity index (χ0n) is 13.7. The Morgan fingerprint density at radius 1 is 1.41 bits per heavy atom. The lowest BCUT2D eigenvalue weighted by Gasteiger charge is -2.18. The summed E-state index contributed by atoms with van der Waals surface area (Å²) < 4.78 is 6.47. The molecular formula is C17H25NO4. The molecule has 1 N–H and O–H groups in total. The van der Waals surface area contributed by atoms with Crippen LogP contribution in [-0.2, 0) is 9.53 Å². The Morgan fingerprint density at radius 2 is 2.09 bits per heavy atom. The topological polar surface area (TPSA) is 68.5 Å². The molecule has 1 heterocycles. The summed E-state index contributed by atoms with van der Waals surface area (Å²) >= 11 is 0. The number of aryl methyl sites for hydroxylation is 1. The SMILES string of the molecule is CCO/C=C/c1cn(C(CCC(C)C)C(=O)O)c(=O)cc1C. The molecule has 0 saturated carbocycles. The number of nitrogens with zero attached hydrogens (tertiary/aromatic N) is 1. The number of ether oxygens (including phenoxy) is 1. The molecule has 0 aromatic carbocycles. The van der Waals surface area contributed by atoms with Gasteiger partial charge in [0.05, 0.1) is 12.9 Å². The fraction of sp³-hybridized carbons (Fsp3) is 0.529. The number of hydrogen-bond donors (Lipinski definition) is 1. The van der Waals surface area contributed by atoms with Gasteiger partial charge in [0.25, 0.3) is 5.56 Å². The number of hydrogen-bond acceptors (Lipinski definition) is 3. The number of carboxylic acids is 1. The Balaban J connectivity index is 3.16. The molecule has 0 spiro atoms. The maximum absolute atomic E-state index is 12.2. The molecular weight excluding hydrogens is 282 g/mol. The first-order chi connectivity index (χ1) is 10.4. The first kappa shape index (κ1) is 18.0. The smallest absolute Gasteiger partial charge is 0.326 e. The van der Waals surface area contributed by atoms with Gasteiger partial charge in [-0.15, -0.1) is 0 Å². The first-order valence-electron chi connectivity index (χ1n) is 7.60. The second-order valence-corrected chi connectivity index (χ2v) is 5.74. The summed E-state index contributed by atoms with van der Waals surface area (Å²) in [4.78, 5) is 23.7. The van der Waals surface area contributed by atoms with Crippen LogP contribution in [0.1, 0.15) is 50.8 Å². The summed E-state index contributed by atoms with van der Waals surface area (Å²) in [7, 11) is 0. The van der Waals surface area contributed by atoms with E-state index in [1.807, 2.05) is 27.7 Å². The van der Waals surface area contributed by atoms with Crippen molar-refractivity contribution >= 4 is 12.0 Å². The lowest BCUT2D eigenvalue weighted by Crippen LogP contribution is -2.30.